The highest BCUT2D eigenvalue weighted by Crippen LogP contribution is 2.20. The fourth-order valence-corrected chi connectivity index (χ4v) is 2.84. The van der Waals surface area contributed by atoms with Gasteiger partial charge in [0.2, 0.25) is 5.91 Å². The van der Waals surface area contributed by atoms with Crippen LogP contribution in [0.2, 0.25) is 0 Å². The van der Waals surface area contributed by atoms with Gasteiger partial charge in [0.05, 0.1) is 11.4 Å². The Balaban J connectivity index is 1.98. The smallest absolute Gasteiger partial charge is 0.346 e. The molecule has 2 aromatic heterocycles. The van der Waals surface area contributed by atoms with Gasteiger partial charge in [0.1, 0.15) is 0 Å². The Labute approximate surface area is 133 Å². The van der Waals surface area contributed by atoms with Crippen LogP contribution >= 0.6 is 11.3 Å². The molecule has 120 valence electrons. The minimum atomic E-state index is -0.173. The van der Waals surface area contributed by atoms with Gasteiger partial charge in [0, 0.05) is 20.0 Å². The summed E-state index contributed by atoms with van der Waals surface area (Å²) in [5, 5.41) is 9.13. The molecule has 0 bridgehead atoms. The number of nitrogens with zero attached hydrogens (tertiary/aromatic N) is 3. The predicted octanol–water partition coefficient (Wildman–Crippen LogP) is 1.86. The van der Waals surface area contributed by atoms with Gasteiger partial charge in [-0.15, -0.1) is 16.4 Å². The van der Waals surface area contributed by atoms with E-state index in [1.807, 2.05) is 38.3 Å². The van der Waals surface area contributed by atoms with E-state index in [0.29, 0.717) is 25.3 Å². The molecule has 0 spiro atoms. The summed E-state index contributed by atoms with van der Waals surface area (Å²) in [5.74, 6) is 0.649. The van der Waals surface area contributed by atoms with E-state index in [4.69, 9.17) is 0 Å². The van der Waals surface area contributed by atoms with E-state index in [-0.39, 0.29) is 17.0 Å². The van der Waals surface area contributed by atoms with Crippen LogP contribution in [-0.2, 0) is 18.4 Å². The van der Waals surface area contributed by atoms with Crippen LogP contribution < -0.4 is 11.0 Å². The molecular formula is C15H22N4O2S. The Morgan fingerprint density at radius 1 is 1.41 bits per heavy atom. The summed E-state index contributed by atoms with van der Waals surface area (Å²) in [6.45, 7) is 6.82. The molecule has 0 aliphatic rings. The zero-order chi connectivity index (χ0) is 16.3. The van der Waals surface area contributed by atoms with Crippen molar-refractivity contribution in [1.82, 2.24) is 19.7 Å². The molecule has 0 unspecified atom stereocenters. The third-order valence-electron chi connectivity index (χ3n) is 3.12. The van der Waals surface area contributed by atoms with Crippen molar-refractivity contribution in [3.05, 3.63) is 28.0 Å². The number of carbonyl (C=O) groups is 1. The molecule has 1 amide bonds. The third kappa shape index (κ3) is 4.07. The number of rotatable bonds is 5. The van der Waals surface area contributed by atoms with Crippen molar-refractivity contribution in [2.75, 3.05) is 6.54 Å². The first kappa shape index (κ1) is 16.5. The van der Waals surface area contributed by atoms with Gasteiger partial charge in [-0.1, -0.05) is 26.8 Å². The first-order valence-corrected chi connectivity index (χ1v) is 8.10. The number of thiophene rings is 1. The second-order valence-corrected chi connectivity index (χ2v) is 7.40. The molecular weight excluding hydrogens is 300 g/mol. The highest BCUT2D eigenvalue weighted by atomic mass is 32.1. The van der Waals surface area contributed by atoms with Crippen molar-refractivity contribution in [1.29, 1.82) is 0 Å². The van der Waals surface area contributed by atoms with Gasteiger partial charge in [-0.05, 0) is 16.9 Å². The molecule has 0 atom stereocenters. The molecule has 0 fully saturated rings. The van der Waals surface area contributed by atoms with Crippen molar-refractivity contribution >= 4 is 17.2 Å². The van der Waals surface area contributed by atoms with E-state index < -0.39 is 0 Å². The van der Waals surface area contributed by atoms with Crippen LogP contribution in [0.25, 0.3) is 10.7 Å². The van der Waals surface area contributed by atoms with Gasteiger partial charge in [0.25, 0.3) is 0 Å². The zero-order valence-electron chi connectivity index (χ0n) is 13.4. The minimum absolute atomic E-state index is 0.00467. The number of carbonyl (C=O) groups excluding carboxylic acids is 1. The van der Waals surface area contributed by atoms with Crippen LogP contribution in [0.3, 0.4) is 0 Å². The zero-order valence-corrected chi connectivity index (χ0v) is 14.2. The SMILES string of the molecule is Cn1c(-c2cccs2)nn(CCNC(=O)CC(C)(C)C)c1=O. The van der Waals surface area contributed by atoms with Gasteiger partial charge in [-0.3, -0.25) is 9.36 Å². The maximum atomic E-state index is 12.1. The summed E-state index contributed by atoms with van der Waals surface area (Å²) < 4.78 is 2.93. The average molecular weight is 322 g/mol. The second kappa shape index (κ2) is 6.48. The Kier molecular flexibility index (Phi) is 4.85. The largest absolute Gasteiger partial charge is 0.354 e. The molecule has 0 saturated carbocycles. The summed E-state index contributed by atoms with van der Waals surface area (Å²) >= 11 is 1.54. The maximum absolute atomic E-state index is 12.1. The lowest BCUT2D eigenvalue weighted by atomic mass is 9.92. The standard InChI is InChI=1S/C15H22N4O2S/c1-15(2,3)10-12(20)16-7-8-19-14(21)18(4)13(17-19)11-6-5-9-22-11/h5-6,9H,7-8,10H2,1-4H3,(H,16,20). The van der Waals surface area contributed by atoms with Gasteiger partial charge in [-0.2, -0.15) is 0 Å². The molecule has 0 aliphatic carbocycles. The van der Waals surface area contributed by atoms with Gasteiger partial charge in [0.15, 0.2) is 5.82 Å². The summed E-state index contributed by atoms with van der Waals surface area (Å²) in [5.41, 5.74) is -0.216. The van der Waals surface area contributed by atoms with Crippen molar-refractivity contribution in [3.8, 4) is 10.7 Å². The molecule has 0 saturated heterocycles. The van der Waals surface area contributed by atoms with Crippen LogP contribution in [0.1, 0.15) is 27.2 Å². The normalized spacial score (nSPS) is 11.6. The monoisotopic (exact) mass is 322 g/mol. The van der Waals surface area contributed by atoms with Crippen molar-refractivity contribution < 1.29 is 4.79 Å². The molecule has 0 aromatic carbocycles. The number of nitrogens with one attached hydrogen (secondary N) is 1. The van der Waals surface area contributed by atoms with Gasteiger partial charge >= 0.3 is 5.69 Å². The van der Waals surface area contributed by atoms with Crippen LogP contribution in [0.15, 0.2) is 22.3 Å². The van der Waals surface area contributed by atoms with E-state index in [9.17, 15) is 9.59 Å². The molecule has 6 nitrogen and oxygen atoms in total. The van der Waals surface area contributed by atoms with Crippen LogP contribution in [-0.4, -0.2) is 26.8 Å². The third-order valence-corrected chi connectivity index (χ3v) is 3.98. The summed E-state index contributed by atoms with van der Waals surface area (Å²) in [6, 6.07) is 3.86. The van der Waals surface area contributed by atoms with Crippen molar-refractivity contribution in [2.24, 2.45) is 12.5 Å². The lowest BCUT2D eigenvalue weighted by Crippen LogP contribution is -2.33. The van der Waals surface area contributed by atoms with Gasteiger partial charge < -0.3 is 5.32 Å². The average Bonchev–Trinajstić information content (AvgIpc) is 3.00. The summed E-state index contributed by atoms with van der Waals surface area (Å²) in [7, 11) is 1.71. The minimum Gasteiger partial charge on any atom is -0.354 e. The Morgan fingerprint density at radius 3 is 2.73 bits per heavy atom. The molecule has 1 N–H and O–H groups in total. The van der Waals surface area contributed by atoms with E-state index in [1.165, 1.54) is 9.25 Å². The number of hydrogen-bond donors (Lipinski definition) is 1. The van der Waals surface area contributed by atoms with Crippen LogP contribution in [0.4, 0.5) is 0 Å². The van der Waals surface area contributed by atoms with Crippen LogP contribution in [0.5, 0.6) is 0 Å². The van der Waals surface area contributed by atoms with E-state index in [2.05, 4.69) is 10.4 Å². The summed E-state index contributed by atoms with van der Waals surface area (Å²) in [4.78, 5) is 24.9. The highest BCUT2D eigenvalue weighted by Gasteiger charge is 2.16. The second-order valence-electron chi connectivity index (χ2n) is 6.45. The lowest BCUT2D eigenvalue weighted by molar-refractivity contribution is -0.122. The Hall–Kier alpha value is -1.89. The number of aromatic nitrogens is 3. The first-order chi connectivity index (χ1) is 10.3. The molecule has 22 heavy (non-hydrogen) atoms. The Morgan fingerprint density at radius 2 is 2.14 bits per heavy atom. The molecule has 0 radical (unpaired) electrons. The molecule has 2 heterocycles. The number of hydrogen-bond acceptors (Lipinski definition) is 4. The quantitative estimate of drug-likeness (QED) is 0.913. The number of amides is 1. The van der Waals surface area contributed by atoms with Crippen molar-refractivity contribution in [3.63, 3.8) is 0 Å². The topological polar surface area (TPSA) is 68.9 Å². The summed E-state index contributed by atoms with van der Waals surface area (Å²) in [6.07, 6.45) is 0.463. The molecule has 7 heteroatoms. The maximum Gasteiger partial charge on any atom is 0.346 e. The molecule has 0 aliphatic heterocycles. The van der Waals surface area contributed by atoms with Crippen LogP contribution in [0, 0.1) is 5.41 Å². The lowest BCUT2D eigenvalue weighted by Gasteiger charge is -2.17. The first-order valence-electron chi connectivity index (χ1n) is 7.22. The Bertz CT molecular complexity index is 692. The fourth-order valence-electron chi connectivity index (χ4n) is 2.10. The fraction of sp³-hybridized carbons (Fsp3) is 0.533. The van der Waals surface area contributed by atoms with E-state index >= 15 is 0 Å². The molecule has 2 rings (SSSR count). The predicted molar refractivity (Wildman–Crippen MR) is 87.9 cm³/mol. The van der Waals surface area contributed by atoms with Gasteiger partial charge in [-0.25, -0.2) is 9.48 Å². The molecule has 2 aromatic rings. The highest BCUT2D eigenvalue weighted by molar-refractivity contribution is 7.13. The van der Waals surface area contributed by atoms with E-state index in [1.54, 1.807) is 18.4 Å². The van der Waals surface area contributed by atoms with E-state index in [0.717, 1.165) is 4.88 Å². The van der Waals surface area contributed by atoms with Crippen molar-refractivity contribution in [2.45, 2.75) is 33.7 Å².